The largest absolute Gasteiger partial charge is 0.396 e. The Morgan fingerprint density at radius 2 is 2.05 bits per heavy atom. The summed E-state index contributed by atoms with van der Waals surface area (Å²) in [6.07, 6.45) is -0.464. The molecular weight excluding hydrogens is 281 g/mol. The van der Waals surface area contributed by atoms with Gasteiger partial charge in [-0.3, -0.25) is 0 Å². The van der Waals surface area contributed by atoms with E-state index in [0.29, 0.717) is 17.9 Å². The number of hydrogen-bond donors (Lipinski definition) is 3. The molecule has 7 heteroatoms. The van der Waals surface area contributed by atoms with Crippen LogP contribution in [0.2, 0.25) is 5.15 Å². The summed E-state index contributed by atoms with van der Waals surface area (Å²) in [5.74, 6) is 0.371. The predicted molar refractivity (Wildman–Crippen MR) is 79.7 cm³/mol. The molecule has 0 saturated carbocycles. The van der Waals surface area contributed by atoms with Gasteiger partial charge in [-0.25, -0.2) is 4.39 Å². The lowest BCUT2D eigenvalue weighted by atomic mass is 9.78. The molecule has 0 radical (unpaired) electrons. The van der Waals surface area contributed by atoms with Crippen molar-refractivity contribution < 1.29 is 4.39 Å². The number of alkyl halides is 1. The molecule has 1 aromatic rings. The van der Waals surface area contributed by atoms with Crippen LogP contribution in [0.3, 0.4) is 0 Å². The quantitative estimate of drug-likeness (QED) is 0.782. The molecule has 0 bridgehead atoms. The maximum absolute atomic E-state index is 14.6. The second kappa shape index (κ2) is 5.00. The van der Waals surface area contributed by atoms with Crippen LogP contribution in [0.25, 0.3) is 0 Å². The van der Waals surface area contributed by atoms with Crippen LogP contribution >= 0.6 is 11.6 Å². The fourth-order valence-electron chi connectivity index (χ4n) is 2.94. The fraction of sp³-hybridized carbons (Fsp3) is 0.692. The average molecular weight is 302 g/mol. The van der Waals surface area contributed by atoms with Crippen molar-refractivity contribution in [2.75, 3.05) is 11.1 Å². The van der Waals surface area contributed by atoms with Crippen molar-refractivity contribution in [1.82, 2.24) is 15.5 Å². The van der Waals surface area contributed by atoms with E-state index in [2.05, 4.69) is 20.8 Å². The van der Waals surface area contributed by atoms with Crippen LogP contribution in [0.15, 0.2) is 6.07 Å². The molecule has 1 fully saturated rings. The van der Waals surface area contributed by atoms with Gasteiger partial charge < -0.3 is 16.4 Å². The first-order chi connectivity index (χ1) is 9.11. The first-order valence-electron chi connectivity index (χ1n) is 6.59. The minimum Gasteiger partial charge on any atom is -0.396 e. The minimum absolute atomic E-state index is 0.182. The number of hydrogen-bond acceptors (Lipinski definition) is 5. The molecule has 0 unspecified atom stereocenters. The van der Waals surface area contributed by atoms with Crippen LogP contribution in [0.4, 0.5) is 15.9 Å². The maximum Gasteiger partial charge on any atom is 0.172 e. The summed E-state index contributed by atoms with van der Waals surface area (Å²) >= 11 is 5.71. The number of halogens is 2. The second-order valence-electron chi connectivity index (χ2n) is 6.56. The molecule has 2 rings (SSSR count). The van der Waals surface area contributed by atoms with Crippen LogP contribution in [0, 0.1) is 0 Å². The Balaban J connectivity index is 2.23. The molecule has 2 heterocycles. The van der Waals surface area contributed by atoms with Crippen molar-refractivity contribution >= 4 is 23.1 Å². The molecular formula is C13H21ClFN5. The van der Waals surface area contributed by atoms with Gasteiger partial charge in [-0.05, 0) is 34.1 Å². The zero-order valence-corrected chi connectivity index (χ0v) is 12.9. The molecule has 1 aliphatic rings. The van der Waals surface area contributed by atoms with E-state index < -0.39 is 11.7 Å². The van der Waals surface area contributed by atoms with Gasteiger partial charge in [0.2, 0.25) is 0 Å². The third kappa shape index (κ3) is 3.12. The minimum atomic E-state index is -1.08. The van der Waals surface area contributed by atoms with Gasteiger partial charge in [0, 0.05) is 17.1 Å². The summed E-state index contributed by atoms with van der Waals surface area (Å²) in [5.41, 5.74) is 5.39. The van der Waals surface area contributed by atoms with Crippen LogP contribution in [0.5, 0.6) is 0 Å². The summed E-state index contributed by atoms with van der Waals surface area (Å²) in [7, 11) is 0. The molecule has 1 aliphatic heterocycles. The third-order valence-electron chi connectivity index (χ3n) is 3.55. The number of nitrogen functional groups attached to an aromatic ring is 1. The standard InChI is InChI=1S/C13H21ClFN5/c1-12(2)6-8(10(15)13(3,4)20-12)17-11-7(16)5-9(14)18-19-11/h5,8,10,20H,6H2,1-4H3,(H2,16,18)(H,17,19)/t8-,10-/m0/s1. The highest BCUT2D eigenvalue weighted by Crippen LogP contribution is 2.33. The van der Waals surface area contributed by atoms with Crippen molar-refractivity contribution in [3.63, 3.8) is 0 Å². The molecule has 1 aromatic heterocycles. The Morgan fingerprint density at radius 3 is 2.65 bits per heavy atom. The van der Waals surface area contributed by atoms with E-state index in [4.69, 9.17) is 17.3 Å². The summed E-state index contributed by atoms with van der Waals surface area (Å²) in [5, 5.41) is 14.2. The molecule has 1 saturated heterocycles. The van der Waals surface area contributed by atoms with E-state index >= 15 is 0 Å². The SMILES string of the molecule is CC1(C)C[C@H](Nc2nnc(Cl)cc2N)[C@H](F)C(C)(C)N1. The molecule has 0 aromatic carbocycles. The summed E-state index contributed by atoms with van der Waals surface area (Å²) in [6, 6.07) is 1.11. The average Bonchev–Trinajstić information content (AvgIpc) is 2.27. The highest BCUT2D eigenvalue weighted by atomic mass is 35.5. The number of nitrogens with two attached hydrogens (primary N) is 1. The van der Waals surface area contributed by atoms with Gasteiger partial charge in [-0.1, -0.05) is 11.6 Å². The zero-order valence-electron chi connectivity index (χ0n) is 12.2. The van der Waals surface area contributed by atoms with Crippen molar-refractivity contribution in [3.05, 3.63) is 11.2 Å². The van der Waals surface area contributed by atoms with Crippen LogP contribution in [0.1, 0.15) is 34.1 Å². The molecule has 4 N–H and O–H groups in total. The molecule has 2 atom stereocenters. The van der Waals surface area contributed by atoms with Crippen molar-refractivity contribution in [1.29, 1.82) is 0 Å². The number of aromatic nitrogens is 2. The molecule has 20 heavy (non-hydrogen) atoms. The van der Waals surface area contributed by atoms with Crippen molar-refractivity contribution in [2.45, 2.75) is 57.4 Å². The summed E-state index contributed by atoms with van der Waals surface area (Å²) < 4.78 is 14.6. The van der Waals surface area contributed by atoms with E-state index in [1.54, 1.807) is 0 Å². The van der Waals surface area contributed by atoms with E-state index in [1.807, 2.05) is 27.7 Å². The van der Waals surface area contributed by atoms with Gasteiger partial charge in [0.15, 0.2) is 11.0 Å². The molecule has 0 spiro atoms. The first-order valence-corrected chi connectivity index (χ1v) is 6.97. The van der Waals surface area contributed by atoms with Gasteiger partial charge in [0.05, 0.1) is 11.7 Å². The van der Waals surface area contributed by atoms with Crippen LogP contribution < -0.4 is 16.4 Å². The highest BCUT2D eigenvalue weighted by molar-refractivity contribution is 6.29. The lowest BCUT2D eigenvalue weighted by molar-refractivity contribution is 0.0655. The van der Waals surface area contributed by atoms with Crippen LogP contribution in [-0.4, -0.2) is 33.5 Å². The molecule has 5 nitrogen and oxygen atoms in total. The summed E-state index contributed by atoms with van der Waals surface area (Å²) in [6.45, 7) is 7.80. The second-order valence-corrected chi connectivity index (χ2v) is 6.95. The van der Waals surface area contributed by atoms with E-state index in [1.165, 1.54) is 6.07 Å². The Hall–Kier alpha value is -1.14. The van der Waals surface area contributed by atoms with Crippen LogP contribution in [-0.2, 0) is 0 Å². The zero-order chi connectivity index (χ0) is 15.1. The Morgan fingerprint density at radius 1 is 1.40 bits per heavy atom. The highest BCUT2D eigenvalue weighted by Gasteiger charge is 2.46. The Bertz CT molecular complexity index is 506. The lowest BCUT2D eigenvalue weighted by Gasteiger charge is -2.49. The van der Waals surface area contributed by atoms with Gasteiger partial charge >= 0.3 is 0 Å². The van der Waals surface area contributed by atoms with E-state index in [0.717, 1.165) is 0 Å². The Labute approximate surface area is 123 Å². The molecule has 0 aliphatic carbocycles. The van der Waals surface area contributed by atoms with Crippen molar-refractivity contribution in [3.8, 4) is 0 Å². The number of piperidine rings is 1. The molecule has 112 valence electrons. The Kier molecular flexibility index (Phi) is 3.81. The first kappa shape index (κ1) is 15.3. The number of nitrogens with zero attached hydrogens (tertiary/aromatic N) is 2. The fourth-order valence-corrected chi connectivity index (χ4v) is 3.10. The molecule has 0 amide bonds. The monoisotopic (exact) mass is 301 g/mol. The third-order valence-corrected chi connectivity index (χ3v) is 3.73. The van der Waals surface area contributed by atoms with Gasteiger partial charge in [0.1, 0.15) is 6.17 Å². The number of nitrogens with one attached hydrogen (secondary N) is 2. The smallest absolute Gasteiger partial charge is 0.172 e. The van der Waals surface area contributed by atoms with Gasteiger partial charge in [-0.2, -0.15) is 0 Å². The normalized spacial score (nSPS) is 28.1. The predicted octanol–water partition coefficient (Wildman–Crippen LogP) is 2.38. The topological polar surface area (TPSA) is 75.9 Å². The van der Waals surface area contributed by atoms with Gasteiger partial charge in [-0.15, -0.1) is 10.2 Å². The maximum atomic E-state index is 14.6. The number of anilines is 2. The lowest BCUT2D eigenvalue weighted by Crippen LogP contribution is -2.67. The summed E-state index contributed by atoms with van der Waals surface area (Å²) in [4.78, 5) is 0. The van der Waals surface area contributed by atoms with E-state index in [-0.39, 0.29) is 16.7 Å². The van der Waals surface area contributed by atoms with Crippen molar-refractivity contribution in [2.24, 2.45) is 0 Å². The number of rotatable bonds is 2. The van der Waals surface area contributed by atoms with Gasteiger partial charge in [0.25, 0.3) is 0 Å². The van der Waals surface area contributed by atoms with E-state index in [9.17, 15) is 4.39 Å².